The summed E-state index contributed by atoms with van der Waals surface area (Å²) in [6, 6.07) is 3.53. The van der Waals surface area contributed by atoms with E-state index in [1.165, 1.54) is 24.3 Å². The van der Waals surface area contributed by atoms with Crippen LogP contribution in [0.25, 0.3) is 6.08 Å². The third-order valence-corrected chi connectivity index (χ3v) is 2.53. The molecule has 0 spiro atoms. The van der Waals surface area contributed by atoms with E-state index in [0.29, 0.717) is 12.4 Å². The van der Waals surface area contributed by atoms with Gasteiger partial charge in [-0.3, -0.25) is 20.2 Å². The van der Waals surface area contributed by atoms with Crippen LogP contribution in [0, 0.1) is 10.1 Å². The van der Waals surface area contributed by atoms with Gasteiger partial charge in [-0.2, -0.15) is 0 Å². The van der Waals surface area contributed by atoms with Crippen LogP contribution in [0.4, 0.5) is 10.5 Å². The second-order valence-corrected chi connectivity index (χ2v) is 3.88. The molecule has 104 valence electrons. The normalized spacial score (nSPS) is 15.9. The lowest BCUT2D eigenvalue weighted by molar-refractivity contribution is -0.385. The Labute approximate surface area is 113 Å². The molecule has 1 heterocycles. The lowest BCUT2D eigenvalue weighted by atomic mass is 10.1. The van der Waals surface area contributed by atoms with Crippen molar-refractivity contribution < 1.29 is 19.2 Å². The monoisotopic (exact) mass is 277 g/mol. The standard InChI is InChI=1S/C12H11N3O5/c1-2-20-8-3-4-10(15(18)19)7(5-8)6-9-11(16)14-12(17)13-9/h3-6H,2H2,1H3,(H2,13,14,16,17). The maximum atomic E-state index is 11.4. The molecule has 1 fully saturated rings. The molecule has 0 saturated carbocycles. The molecular formula is C12H11N3O5. The highest BCUT2D eigenvalue weighted by Crippen LogP contribution is 2.26. The van der Waals surface area contributed by atoms with Gasteiger partial charge in [-0.1, -0.05) is 0 Å². The quantitative estimate of drug-likeness (QED) is 0.371. The zero-order valence-corrected chi connectivity index (χ0v) is 10.5. The lowest BCUT2D eigenvalue weighted by Gasteiger charge is -2.05. The van der Waals surface area contributed by atoms with Crippen molar-refractivity contribution in [2.45, 2.75) is 6.92 Å². The van der Waals surface area contributed by atoms with Gasteiger partial charge in [0.15, 0.2) is 0 Å². The fourth-order valence-electron chi connectivity index (χ4n) is 1.71. The highest BCUT2D eigenvalue weighted by molar-refractivity contribution is 6.14. The number of nitrogens with one attached hydrogen (secondary N) is 2. The molecule has 2 N–H and O–H groups in total. The zero-order valence-electron chi connectivity index (χ0n) is 10.5. The smallest absolute Gasteiger partial charge is 0.326 e. The first-order valence-corrected chi connectivity index (χ1v) is 5.76. The number of urea groups is 1. The molecule has 0 aliphatic carbocycles. The highest BCUT2D eigenvalue weighted by atomic mass is 16.6. The number of rotatable bonds is 4. The Hall–Kier alpha value is -2.90. The fourth-order valence-corrected chi connectivity index (χ4v) is 1.71. The van der Waals surface area contributed by atoms with Crippen molar-refractivity contribution in [1.29, 1.82) is 0 Å². The Balaban J connectivity index is 2.45. The SMILES string of the molecule is CCOc1ccc([N+](=O)[O-])c(C=C2NC(=O)NC2=O)c1. The van der Waals surface area contributed by atoms with Gasteiger partial charge >= 0.3 is 6.03 Å². The molecular weight excluding hydrogens is 266 g/mol. The van der Waals surface area contributed by atoms with Gasteiger partial charge in [0.05, 0.1) is 17.1 Å². The number of hydrogen-bond acceptors (Lipinski definition) is 5. The number of nitrogens with zero attached hydrogens (tertiary/aromatic N) is 1. The van der Waals surface area contributed by atoms with E-state index < -0.39 is 16.9 Å². The van der Waals surface area contributed by atoms with E-state index in [1.54, 1.807) is 6.92 Å². The summed E-state index contributed by atoms with van der Waals surface area (Å²) in [4.78, 5) is 32.8. The van der Waals surface area contributed by atoms with E-state index in [4.69, 9.17) is 4.74 Å². The summed E-state index contributed by atoms with van der Waals surface area (Å²) in [5.41, 5.74) is -0.0602. The van der Waals surface area contributed by atoms with E-state index in [1.807, 2.05) is 5.32 Å². The summed E-state index contributed by atoms with van der Waals surface area (Å²) >= 11 is 0. The lowest BCUT2D eigenvalue weighted by Crippen LogP contribution is -2.22. The molecule has 1 aliphatic heterocycles. The maximum Gasteiger partial charge on any atom is 0.326 e. The van der Waals surface area contributed by atoms with Crippen molar-refractivity contribution in [2.75, 3.05) is 6.61 Å². The Morgan fingerprint density at radius 2 is 2.10 bits per heavy atom. The van der Waals surface area contributed by atoms with Crippen molar-refractivity contribution in [1.82, 2.24) is 10.6 Å². The molecule has 1 aliphatic rings. The van der Waals surface area contributed by atoms with Gasteiger partial charge in [0, 0.05) is 6.07 Å². The average molecular weight is 277 g/mol. The van der Waals surface area contributed by atoms with Crippen LogP contribution in [0.15, 0.2) is 23.9 Å². The number of imide groups is 1. The third kappa shape index (κ3) is 2.74. The van der Waals surface area contributed by atoms with Gasteiger partial charge in [-0.05, 0) is 25.1 Å². The number of nitro groups is 1. The van der Waals surface area contributed by atoms with Gasteiger partial charge in [0.1, 0.15) is 11.4 Å². The van der Waals surface area contributed by atoms with E-state index >= 15 is 0 Å². The molecule has 0 unspecified atom stereocenters. The first-order chi connectivity index (χ1) is 9.51. The molecule has 0 aromatic heterocycles. The van der Waals surface area contributed by atoms with Gasteiger partial charge in [0.2, 0.25) is 0 Å². The van der Waals surface area contributed by atoms with E-state index in [0.717, 1.165) is 0 Å². The van der Waals surface area contributed by atoms with Crippen LogP contribution in [0.3, 0.4) is 0 Å². The van der Waals surface area contributed by atoms with Crippen LogP contribution in [0.5, 0.6) is 5.75 Å². The van der Waals surface area contributed by atoms with Crippen molar-refractivity contribution in [3.8, 4) is 5.75 Å². The molecule has 3 amide bonds. The maximum absolute atomic E-state index is 11.4. The minimum absolute atomic E-state index is 0.0493. The van der Waals surface area contributed by atoms with E-state index in [-0.39, 0.29) is 16.9 Å². The van der Waals surface area contributed by atoms with Crippen LogP contribution in [-0.2, 0) is 4.79 Å². The Bertz CT molecular complexity index is 624. The van der Waals surface area contributed by atoms with Crippen molar-refractivity contribution in [2.24, 2.45) is 0 Å². The van der Waals surface area contributed by atoms with Crippen LogP contribution in [0.1, 0.15) is 12.5 Å². The molecule has 20 heavy (non-hydrogen) atoms. The molecule has 0 atom stereocenters. The molecule has 1 aromatic rings. The summed E-state index contributed by atoms with van der Waals surface area (Å²) in [6.45, 7) is 2.19. The van der Waals surface area contributed by atoms with Crippen molar-refractivity contribution >= 4 is 23.7 Å². The Morgan fingerprint density at radius 1 is 1.35 bits per heavy atom. The predicted molar refractivity (Wildman–Crippen MR) is 68.9 cm³/mol. The Kier molecular flexibility index (Phi) is 3.65. The number of carbonyl (C=O) groups excluding carboxylic acids is 2. The van der Waals surface area contributed by atoms with Crippen molar-refractivity contribution in [3.63, 3.8) is 0 Å². The molecule has 8 nitrogen and oxygen atoms in total. The number of nitro benzene ring substituents is 1. The van der Waals surface area contributed by atoms with Gasteiger partial charge in [-0.25, -0.2) is 4.79 Å². The molecule has 1 saturated heterocycles. The Morgan fingerprint density at radius 3 is 2.65 bits per heavy atom. The van der Waals surface area contributed by atoms with Crippen LogP contribution >= 0.6 is 0 Å². The van der Waals surface area contributed by atoms with Gasteiger partial charge in [-0.15, -0.1) is 0 Å². The molecule has 8 heteroatoms. The molecule has 0 bridgehead atoms. The minimum Gasteiger partial charge on any atom is -0.494 e. The topological polar surface area (TPSA) is 111 Å². The first-order valence-electron chi connectivity index (χ1n) is 5.76. The number of hydrogen-bond donors (Lipinski definition) is 2. The molecule has 1 aromatic carbocycles. The highest BCUT2D eigenvalue weighted by Gasteiger charge is 2.24. The summed E-state index contributed by atoms with van der Waals surface area (Å²) in [7, 11) is 0. The third-order valence-electron chi connectivity index (χ3n) is 2.53. The first kappa shape index (κ1) is 13.5. The summed E-state index contributed by atoms with van der Waals surface area (Å²) in [6.07, 6.45) is 1.24. The largest absolute Gasteiger partial charge is 0.494 e. The fraction of sp³-hybridized carbons (Fsp3) is 0.167. The zero-order chi connectivity index (χ0) is 14.7. The van der Waals surface area contributed by atoms with Crippen LogP contribution in [0.2, 0.25) is 0 Å². The van der Waals surface area contributed by atoms with E-state index in [2.05, 4.69) is 5.32 Å². The minimum atomic E-state index is -0.662. The molecule has 0 radical (unpaired) electrons. The number of benzene rings is 1. The van der Waals surface area contributed by atoms with Crippen molar-refractivity contribution in [3.05, 3.63) is 39.6 Å². The number of amides is 3. The van der Waals surface area contributed by atoms with Crippen LogP contribution in [-0.4, -0.2) is 23.5 Å². The second kappa shape index (κ2) is 5.39. The van der Waals surface area contributed by atoms with E-state index in [9.17, 15) is 19.7 Å². The summed E-state index contributed by atoms with van der Waals surface area (Å²) in [5.74, 6) is -0.194. The molecule has 2 rings (SSSR count). The van der Waals surface area contributed by atoms with Gasteiger partial charge < -0.3 is 10.1 Å². The van der Waals surface area contributed by atoms with Gasteiger partial charge in [0.25, 0.3) is 11.6 Å². The second-order valence-electron chi connectivity index (χ2n) is 3.88. The summed E-state index contributed by atoms with van der Waals surface area (Å²) in [5, 5.41) is 15.2. The average Bonchev–Trinajstić information content (AvgIpc) is 2.68. The summed E-state index contributed by atoms with van der Waals surface area (Å²) < 4.78 is 5.25. The predicted octanol–water partition coefficient (Wildman–Crippen LogP) is 1.17. The van der Waals surface area contributed by atoms with Crippen LogP contribution < -0.4 is 15.4 Å². The number of ether oxygens (including phenoxy) is 1. The number of carbonyl (C=O) groups is 2.